The quantitative estimate of drug-likeness (QED) is 0.467. The van der Waals surface area contributed by atoms with E-state index in [0.29, 0.717) is 25.4 Å². The van der Waals surface area contributed by atoms with Gasteiger partial charge in [-0.15, -0.1) is 24.8 Å². The molecule has 0 bridgehead atoms. The molecule has 10 heteroatoms. The lowest BCUT2D eigenvalue weighted by Crippen LogP contribution is -2.75. The van der Waals surface area contributed by atoms with Gasteiger partial charge in [-0.3, -0.25) is 19.2 Å². The minimum Gasteiger partial charge on any atom is -0.390 e. The Morgan fingerprint density at radius 1 is 0.975 bits per heavy atom. The van der Waals surface area contributed by atoms with E-state index in [9.17, 15) is 14.7 Å². The monoisotopic (exact) mass is 599 g/mol. The fourth-order valence-corrected chi connectivity index (χ4v) is 7.77. The van der Waals surface area contributed by atoms with Gasteiger partial charge in [-0.05, 0) is 64.7 Å². The van der Waals surface area contributed by atoms with Crippen molar-refractivity contribution in [1.29, 1.82) is 0 Å². The lowest BCUT2D eigenvalue weighted by molar-refractivity contribution is -0.165. The number of nitrogens with zero attached hydrogens (tertiary/aromatic N) is 4. The van der Waals surface area contributed by atoms with Gasteiger partial charge in [0.25, 0.3) is 0 Å². The van der Waals surface area contributed by atoms with Crippen LogP contribution in [0.3, 0.4) is 0 Å². The van der Waals surface area contributed by atoms with Crippen LogP contribution in [-0.4, -0.2) is 73.8 Å². The summed E-state index contributed by atoms with van der Waals surface area (Å²) in [6.07, 6.45) is 12.9. The molecule has 1 aromatic heterocycles. The molecule has 4 aliphatic rings. The Kier molecular flexibility index (Phi) is 11.8. The van der Waals surface area contributed by atoms with Crippen molar-refractivity contribution in [2.45, 2.75) is 135 Å². The normalized spacial score (nSPS) is 25.3. The molecule has 1 aromatic rings. The molecular weight excluding hydrogens is 549 g/mol. The molecular formula is C30H51Cl2N5O3. The highest BCUT2D eigenvalue weighted by Gasteiger charge is 2.55. The van der Waals surface area contributed by atoms with E-state index in [-0.39, 0.29) is 42.5 Å². The van der Waals surface area contributed by atoms with Gasteiger partial charge < -0.3 is 15.3 Å². The van der Waals surface area contributed by atoms with Gasteiger partial charge in [-0.25, -0.2) is 0 Å². The molecule has 2 amide bonds. The second kappa shape index (κ2) is 14.2. The van der Waals surface area contributed by atoms with Crippen LogP contribution >= 0.6 is 24.8 Å². The minimum atomic E-state index is -0.809. The predicted octanol–water partition coefficient (Wildman–Crippen LogP) is 4.86. The van der Waals surface area contributed by atoms with Gasteiger partial charge >= 0.3 is 0 Å². The summed E-state index contributed by atoms with van der Waals surface area (Å²) in [7, 11) is 0. The number of aryl methyl sites for hydroxylation is 1. The Morgan fingerprint density at radius 2 is 1.57 bits per heavy atom. The predicted molar refractivity (Wildman–Crippen MR) is 162 cm³/mol. The highest BCUT2D eigenvalue weighted by molar-refractivity contribution is 6.00. The molecule has 0 unspecified atom stereocenters. The number of aliphatic hydroxyl groups excluding tert-OH is 1. The third kappa shape index (κ3) is 6.35. The molecule has 2 saturated carbocycles. The van der Waals surface area contributed by atoms with Crippen LogP contribution in [0.15, 0.2) is 0 Å². The average molecular weight is 601 g/mol. The SMILES string of the molecule is CCCN1C(=O)[C@@H]([C@H](O)C2CCCCC2)NC(=O)C12CCN(Cc1c(C)nn(C3CCCCC3)c1C)CC2.Cl.Cl. The number of aromatic nitrogens is 2. The Morgan fingerprint density at radius 3 is 2.17 bits per heavy atom. The number of hydrogen-bond acceptors (Lipinski definition) is 5. The first kappa shape index (κ1) is 33.2. The van der Waals surface area contributed by atoms with E-state index in [2.05, 4.69) is 35.7 Å². The topological polar surface area (TPSA) is 90.7 Å². The molecule has 2 aliphatic carbocycles. The van der Waals surface area contributed by atoms with Gasteiger partial charge in [0.05, 0.1) is 17.8 Å². The molecule has 2 saturated heterocycles. The van der Waals surface area contributed by atoms with Crippen LogP contribution in [0.1, 0.15) is 113 Å². The van der Waals surface area contributed by atoms with Crippen molar-refractivity contribution in [1.82, 2.24) is 24.9 Å². The first-order valence-electron chi connectivity index (χ1n) is 15.4. The second-order valence-electron chi connectivity index (χ2n) is 12.5. The second-order valence-corrected chi connectivity index (χ2v) is 12.5. The summed E-state index contributed by atoms with van der Waals surface area (Å²) in [5, 5.41) is 19.1. The van der Waals surface area contributed by atoms with Crippen LogP contribution < -0.4 is 5.32 Å². The maximum atomic E-state index is 13.8. The number of amides is 2. The summed E-state index contributed by atoms with van der Waals surface area (Å²) < 4.78 is 2.28. The molecule has 228 valence electrons. The van der Waals surface area contributed by atoms with E-state index < -0.39 is 17.7 Å². The number of hydrogen-bond donors (Lipinski definition) is 2. The van der Waals surface area contributed by atoms with E-state index >= 15 is 0 Å². The molecule has 2 aliphatic heterocycles. The van der Waals surface area contributed by atoms with Crippen LogP contribution in [0.25, 0.3) is 0 Å². The number of rotatable bonds is 7. The third-order valence-electron chi connectivity index (χ3n) is 10.1. The van der Waals surface area contributed by atoms with E-state index in [0.717, 1.165) is 57.4 Å². The Balaban J connectivity index is 0.00000220. The first-order chi connectivity index (χ1) is 18.4. The van der Waals surface area contributed by atoms with E-state index in [1.165, 1.54) is 49.8 Å². The van der Waals surface area contributed by atoms with Crippen molar-refractivity contribution in [2.75, 3.05) is 19.6 Å². The summed E-state index contributed by atoms with van der Waals surface area (Å²) in [5.41, 5.74) is 2.92. The fraction of sp³-hybridized carbons (Fsp3) is 0.833. The number of carbonyl (C=O) groups excluding carboxylic acids is 2. The van der Waals surface area contributed by atoms with Crippen molar-refractivity contribution in [3.05, 3.63) is 17.0 Å². The summed E-state index contributed by atoms with van der Waals surface area (Å²) in [4.78, 5) is 31.7. The number of piperazine rings is 1. The van der Waals surface area contributed by atoms with Gasteiger partial charge in [0.15, 0.2) is 0 Å². The first-order valence-corrected chi connectivity index (χ1v) is 15.4. The van der Waals surface area contributed by atoms with Crippen LogP contribution in [0.5, 0.6) is 0 Å². The minimum absolute atomic E-state index is 0. The lowest BCUT2D eigenvalue weighted by atomic mass is 9.78. The lowest BCUT2D eigenvalue weighted by Gasteiger charge is -2.52. The molecule has 0 radical (unpaired) electrons. The van der Waals surface area contributed by atoms with Gasteiger partial charge in [0, 0.05) is 37.4 Å². The molecule has 5 rings (SSSR count). The molecule has 8 nitrogen and oxygen atoms in total. The molecule has 40 heavy (non-hydrogen) atoms. The van der Waals surface area contributed by atoms with E-state index in [1.807, 2.05) is 4.90 Å². The highest BCUT2D eigenvalue weighted by Crippen LogP contribution is 2.37. The molecule has 0 aromatic carbocycles. The summed E-state index contributed by atoms with van der Waals surface area (Å²) in [5.74, 6) is -0.0562. The number of aliphatic hydroxyl groups is 1. The fourth-order valence-electron chi connectivity index (χ4n) is 7.77. The van der Waals surface area contributed by atoms with Crippen molar-refractivity contribution < 1.29 is 14.7 Å². The van der Waals surface area contributed by atoms with Gasteiger partial charge in [-0.1, -0.05) is 45.4 Å². The average Bonchev–Trinajstić information content (AvgIpc) is 3.23. The highest BCUT2D eigenvalue weighted by atomic mass is 35.5. The number of piperidine rings is 1. The Bertz CT molecular complexity index is 998. The number of carbonyl (C=O) groups is 2. The van der Waals surface area contributed by atoms with Gasteiger partial charge in [0.2, 0.25) is 11.8 Å². The smallest absolute Gasteiger partial charge is 0.248 e. The van der Waals surface area contributed by atoms with Crippen LogP contribution in [0, 0.1) is 19.8 Å². The molecule has 2 atom stereocenters. The van der Waals surface area contributed by atoms with Crippen LogP contribution in [-0.2, 0) is 16.1 Å². The third-order valence-corrected chi connectivity index (χ3v) is 10.1. The van der Waals surface area contributed by atoms with E-state index in [4.69, 9.17) is 5.10 Å². The van der Waals surface area contributed by atoms with E-state index in [1.54, 1.807) is 0 Å². The van der Waals surface area contributed by atoms with Gasteiger partial charge in [-0.2, -0.15) is 5.10 Å². The number of nitrogens with one attached hydrogen (secondary N) is 1. The Labute approximate surface area is 252 Å². The maximum absolute atomic E-state index is 13.8. The number of likely N-dealkylation sites (tertiary alicyclic amines) is 1. The van der Waals surface area contributed by atoms with Crippen molar-refractivity contribution >= 4 is 36.6 Å². The van der Waals surface area contributed by atoms with Crippen molar-refractivity contribution in [2.24, 2.45) is 5.92 Å². The summed E-state index contributed by atoms with van der Waals surface area (Å²) >= 11 is 0. The van der Waals surface area contributed by atoms with Crippen LogP contribution in [0.2, 0.25) is 0 Å². The summed E-state index contributed by atoms with van der Waals surface area (Å²) in [6, 6.07) is -0.283. The Hall–Kier alpha value is -1.35. The van der Waals surface area contributed by atoms with Crippen molar-refractivity contribution in [3.63, 3.8) is 0 Å². The zero-order valence-corrected chi connectivity index (χ0v) is 26.3. The maximum Gasteiger partial charge on any atom is 0.248 e. The number of halogens is 2. The molecule has 3 heterocycles. The zero-order chi connectivity index (χ0) is 26.9. The summed E-state index contributed by atoms with van der Waals surface area (Å²) in [6.45, 7) is 9.34. The molecule has 4 fully saturated rings. The largest absolute Gasteiger partial charge is 0.390 e. The van der Waals surface area contributed by atoms with Crippen LogP contribution in [0.4, 0.5) is 0 Å². The zero-order valence-electron chi connectivity index (χ0n) is 24.7. The van der Waals surface area contributed by atoms with Crippen molar-refractivity contribution in [3.8, 4) is 0 Å². The standard InChI is InChI=1S/C30H49N5O3.2ClH/c1-4-17-34-28(37)26(27(36)23-11-7-5-8-12-23)31-29(38)30(34)15-18-33(19-16-30)20-25-21(2)32-35(22(25)3)24-13-9-6-10-14-24;;/h23-24,26-27,36H,4-20H2,1-3H3,(H,31,38);2*1H/t26-,27-;;/m1../s1. The molecule has 2 N–H and O–H groups in total. The molecule has 1 spiro atoms. The van der Waals surface area contributed by atoms with Gasteiger partial charge in [0.1, 0.15) is 11.6 Å².